The standard InChI is InChI=1S/C33H64N4O4/c1-5-9-16-22-28(23-17-10-6-2)36-32(40)30(38)34-26-20-14-13-15-21-27-35-31(39)33(41)37-29(24-18-11-7-3)25-19-12-8-4/h28-29H,5-27H2,1-4H3,(H,34,38)(H,35,39)(H,36,40)(H,37,41). The average molecular weight is 581 g/mol. The normalized spacial score (nSPS) is 11.1. The Bertz CT molecular complexity index is 610. The van der Waals surface area contributed by atoms with Crippen LogP contribution < -0.4 is 21.3 Å². The molecule has 41 heavy (non-hydrogen) atoms. The molecule has 0 spiro atoms. The van der Waals surface area contributed by atoms with Gasteiger partial charge in [-0.25, -0.2) is 0 Å². The van der Waals surface area contributed by atoms with E-state index in [0.717, 1.165) is 135 Å². The Hall–Kier alpha value is -2.12. The molecular formula is C33H64N4O4. The minimum Gasteiger partial charge on any atom is -0.348 e. The van der Waals surface area contributed by atoms with Crippen LogP contribution in [0.5, 0.6) is 0 Å². The summed E-state index contributed by atoms with van der Waals surface area (Å²) < 4.78 is 0. The molecule has 0 heterocycles. The van der Waals surface area contributed by atoms with Crippen molar-refractivity contribution >= 4 is 23.6 Å². The van der Waals surface area contributed by atoms with Crippen LogP contribution in [0, 0.1) is 0 Å². The topological polar surface area (TPSA) is 116 Å². The number of rotatable bonds is 26. The van der Waals surface area contributed by atoms with Crippen molar-refractivity contribution < 1.29 is 19.2 Å². The molecule has 0 aliphatic rings. The van der Waals surface area contributed by atoms with Gasteiger partial charge in [0, 0.05) is 25.2 Å². The molecule has 8 heteroatoms. The molecule has 8 nitrogen and oxygen atoms in total. The second-order valence-corrected chi connectivity index (χ2v) is 11.6. The molecule has 0 aromatic rings. The van der Waals surface area contributed by atoms with Crippen molar-refractivity contribution in [1.82, 2.24) is 21.3 Å². The Morgan fingerprint density at radius 2 is 0.683 bits per heavy atom. The summed E-state index contributed by atoms with van der Waals surface area (Å²) in [4.78, 5) is 49.2. The fraction of sp³-hybridized carbons (Fsp3) is 0.879. The molecule has 0 saturated heterocycles. The molecule has 0 unspecified atom stereocenters. The van der Waals surface area contributed by atoms with E-state index in [1.807, 2.05) is 0 Å². The van der Waals surface area contributed by atoms with Crippen LogP contribution in [-0.2, 0) is 19.2 Å². The Morgan fingerprint density at radius 1 is 0.390 bits per heavy atom. The largest absolute Gasteiger partial charge is 0.348 e. The van der Waals surface area contributed by atoms with Crippen LogP contribution in [0.25, 0.3) is 0 Å². The van der Waals surface area contributed by atoms with Gasteiger partial charge in [-0.15, -0.1) is 0 Å². The highest BCUT2D eigenvalue weighted by Crippen LogP contribution is 2.12. The van der Waals surface area contributed by atoms with Gasteiger partial charge in [0.2, 0.25) is 0 Å². The highest BCUT2D eigenvalue weighted by atomic mass is 16.2. The van der Waals surface area contributed by atoms with Crippen molar-refractivity contribution in [2.75, 3.05) is 13.1 Å². The highest BCUT2D eigenvalue weighted by molar-refractivity contribution is 6.35. The van der Waals surface area contributed by atoms with E-state index in [4.69, 9.17) is 0 Å². The molecule has 0 aliphatic carbocycles. The summed E-state index contributed by atoms with van der Waals surface area (Å²) in [5, 5.41) is 11.4. The lowest BCUT2D eigenvalue weighted by Gasteiger charge is -2.18. The Labute approximate surface area is 251 Å². The van der Waals surface area contributed by atoms with Crippen LogP contribution in [0.1, 0.15) is 163 Å². The fourth-order valence-corrected chi connectivity index (χ4v) is 4.99. The van der Waals surface area contributed by atoms with Crippen LogP contribution in [0.2, 0.25) is 0 Å². The first-order valence-corrected chi connectivity index (χ1v) is 17.1. The number of carbonyl (C=O) groups excluding carboxylic acids is 4. The molecule has 240 valence electrons. The van der Waals surface area contributed by atoms with E-state index in [1.54, 1.807) is 0 Å². The highest BCUT2D eigenvalue weighted by Gasteiger charge is 2.19. The monoisotopic (exact) mass is 580 g/mol. The van der Waals surface area contributed by atoms with Crippen molar-refractivity contribution in [2.24, 2.45) is 0 Å². The van der Waals surface area contributed by atoms with E-state index >= 15 is 0 Å². The quantitative estimate of drug-likeness (QED) is 0.0694. The van der Waals surface area contributed by atoms with Crippen LogP contribution in [-0.4, -0.2) is 48.8 Å². The van der Waals surface area contributed by atoms with Gasteiger partial charge in [-0.05, 0) is 38.5 Å². The lowest BCUT2D eigenvalue weighted by atomic mass is 10.0. The second kappa shape index (κ2) is 28.0. The van der Waals surface area contributed by atoms with E-state index in [9.17, 15) is 19.2 Å². The third kappa shape index (κ3) is 23.2. The molecule has 0 atom stereocenters. The van der Waals surface area contributed by atoms with Gasteiger partial charge in [-0.2, -0.15) is 0 Å². The van der Waals surface area contributed by atoms with E-state index < -0.39 is 23.6 Å². The maximum Gasteiger partial charge on any atom is 0.309 e. The van der Waals surface area contributed by atoms with Gasteiger partial charge in [-0.3, -0.25) is 19.2 Å². The second-order valence-electron chi connectivity index (χ2n) is 11.6. The molecular weight excluding hydrogens is 516 g/mol. The molecule has 0 rings (SSSR count). The lowest BCUT2D eigenvalue weighted by Crippen LogP contribution is -2.45. The van der Waals surface area contributed by atoms with Gasteiger partial charge in [0.15, 0.2) is 0 Å². The van der Waals surface area contributed by atoms with E-state index in [-0.39, 0.29) is 12.1 Å². The lowest BCUT2D eigenvalue weighted by molar-refractivity contribution is -0.139. The number of hydrogen-bond donors (Lipinski definition) is 4. The van der Waals surface area contributed by atoms with E-state index in [0.29, 0.717) is 13.1 Å². The van der Waals surface area contributed by atoms with E-state index in [1.165, 1.54) is 0 Å². The van der Waals surface area contributed by atoms with Gasteiger partial charge in [-0.1, -0.05) is 124 Å². The number of carbonyl (C=O) groups is 4. The minimum absolute atomic E-state index is 0.0796. The van der Waals surface area contributed by atoms with Gasteiger partial charge >= 0.3 is 23.6 Å². The molecule has 0 aliphatic heterocycles. The van der Waals surface area contributed by atoms with Gasteiger partial charge in [0.25, 0.3) is 0 Å². The van der Waals surface area contributed by atoms with E-state index in [2.05, 4.69) is 49.0 Å². The molecule has 0 aromatic heterocycles. The Balaban J connectivity index is 4.05. The molecule has 4 amide bonds. The molecule has 0 aromatic carbocycles. The summed E-state index contributed by atoms with van der Waals surface area (Å²) >= 11 is 0. The zero-order valence-electron chi connectivity index (χ0n) is 27.1. The average Bonchev–Trinajstić information content (AvgIpc) is 2.96. The van der Waals surface area contributed by atoms with Crippen LogP contribution in [0.3, 0.4) is 0 Å². The third-order valence-electron chi connectivity index (χ3n) is 7.63. The molecule has 0 bridgehead atoms. The summed E-state index contributed by atoms with van der Waals surface area (Å²) in [5.74, 6) is -2.12. The number of hydrogen-bond acceptors (Lipinski definition) is 4. The third-order valence-corrected chi connectivity index (χ3v) is 7.63. The summed E-state index contributed by atoms with van der Waals surface area (Å²) in [6, 6.07) is 0.159. The summed E-state index contributed by atoms with van der Waals surface area (Å²) in [6.07, 6.45) is 21.6. The van der Waals surface area contributed by atoms with Crippen molar-refractivity contribution in [3.8, 4) is 0 Å². The first-order chi connectivity index (χ1) is 19.9. The SMILES string of the molecule is CCCCCC(CCCCC)NC(=O)C(=O)NCCCCCCCNC(=O)C(=O)NC(CCCCC)CCCCC. The maximum absolute atomic E-state index is 12.4. The predicted octanol–water partition coefficient (Wildman–Crippen LogP) is 6.46. The van der Waals surface area contributed by atoms with Crippen LogP contribution >= 0.6 is 0 Å². The van der Waals surface area contributed by atoms with Crippen molar-refractivity contribution in [3.05, 3.63) is 0 Å². The molecule has 0 fully saturated rings. The smallest absolute Gasteiger partial charge is 0.309 e. The molecule has 0 saturated carbocycles. The predicted molar refractivity (Wildman–Crippen MR) is 170 cm³/mol. The van der Waals surface area contributed by atoms with Crippen molar-refractivity contribution in [2.45, 2.75) is 175 Å². The van der Waals surface area contributed by atoms with Crippen LogP contribution in [0.4, 0.5) is 0 Å². The summed E-state index contributed by atoms with van der Waals surface area (Å²) in [7, 11) is 0. The summed E-state index contributed by atoms with van der Waals surface area (Å²) in [6.45, 7) is 9.62. The Morgan fingerprint density at radius 3 is 0.976 bits per heavy atom. The molecule has 4 N–H and O–H groups in total. The number of unbranched alkanes of at least 4 members (excludes halogenated alkanes) is 12. The first-order valence-electron chi connectivity index (χ1n) is 17.1. The number of nitrogens with one attached hydrogen (secondary N) is 4. The maximum atomic E-state index is 12.4. The van der Waals surface area contributed by atoms with Crippen molar-refractivity contribution in [1.29, 1.82) is 0 Å². The van der Waals surface area contributed by atoms with Crippen molar-refractivity contribution in [3.63, 3.8) is 0 Å². The van der Waals surface area contributed by atoms with Gasteiger partial charge < -0.3 is 21.3 Å². The van der Waals surface area contributed by atoms with Crippen LogP contribution in [0.15, 0.2) is 0 Å². The Kier molecular flexibility index (Phi) is 26.6. The van der Waals surface area contributed by atoms with Gasteiger partial charge in [0.05, 0.1) is 0 Å². The van der Waals surface area contributed by atoms with Gasteiger partial charge in [0.1, 0.15) is 0 Å². The zero-order valence-corrected chi connectivity index (χ0v) is 27.1. The minimum atomic E-state index is -0.542. The zero-order chi connectivity index (χ0) is 30.6. The summed E-state index contributed by atoms with van der Waals surface area (Å²) in [5.41, 5.74) is 0. The first kappa shape index (κ1) is 38.9. The number of amides is 4. The fourth-order valence-electron chi connectivity index (χ4n) is 4.99. The molecule has 0 radical (unpaired) electrons.